The second kappa shape index (κ2) is 11.3. The van der Waals surface area contributed by atoms with Gasteiger partial charge in [-0.05, 0) is 62.2 Å². The standard InChI is InChI=1S/C32H33N3O/c36-26-35(30-17-18-31(33-25-30)27-11-4-1-5-12-27)22-10-21-34-23-19-32(20-24-34,28-13-6-2-7-14-28)29-15-8-3-9-16-29/h1-9,11-18,25-26H,10,19-24H2. The number of anilines is 1. The summed E-state index contributed by atoms with van der Waals surface area (Å²) in [6.07, 6.45) is 5.85. The van der Waals surface area contributed by atoms with Crippen LogP contribution in [0.15, 0.2) is 109 Å². The van der Waals surface area contributed by atoms with E-state index in [1.165, 1.54) is 11.1 Å². The first-order valence-corrected chi connectivity index (χ1v) is 12.9. The van der Waals surface area contributed by atoms with Gasteiger partial charge < -0.3 is 9.80 Å². The second-order valence-electron chi connectivity index (χ2n) is 9.58. The Kier molecular flexibility index (Phi) is 7.53. The largest absolute Gasteiger partial charge is 0.313 e. The summed E-state index contributed by atoms with van der Waals surface area (Å²) in [5, 5.41) is 0. The molecule has 3 aromatic carbocycles. The van der Waals surface area contributed by atoms with Gasteiger partial charge in [-0.2, -0.15) is 0 Å². The first-order chi connectivity index (χ1) is 17.8. The minimum absolute atomic E-state index is 0.0695. The van der Waals surface area contributed by atoms with Crippen molar-refractivity contribution < 1.29 is 4.79 Å². The third-order valence-corrected chi connectivity index (χ3v) is 7.51. The highest BCUT2D eigenvalue weighted by molar-refractivity contribution is 5.75. The Bertz CT molecular complexity index is 1180. The molecule has 0 aliphatic carbocycles. The van der Waals surface area contributed by atoms with E-state index < -0.39 is 0 Å². The number of pyridine rings is 1. The molecule has 0 N–H and O–H groups in total. The minimum atomic E-state index is 0.0695. The molecule has 0 radical (unpaired) electrons. The SMILES string of the molecule is O=CN(CCCN1CCC(c2ccccc2)(c2ccccc2)CC1)c1ccc(-c2ccccc2)nc1. The maximum absolute atomic E-state index is 11.8. The Labute approximate surface area is 214 Å². The van der Waals surface area contributed by atoms with Gasteiger partial charge in [-0.15, -0.1) is 0 Å². The maximum Gasteiger partial charge on any atom is 0.214 e. The smallest absolute Gasteiger partial charge is 0.214 e. The highest BCUT2D eigenvalue weighted by Gasteiger charge is 2.37. The predicted octanol–water partition coefficient (Wildman–Crippen LogP) is 6.18. The molecule has 0 bridgehead atoms. The van der Waals surface area contributed by atoms with Crippen LogP contribution in [-0.2, 0) is 10.2 Å². The van der Waals surface area contributed by atoms with Crippen LogP contribution in [0.1, 0.15) is 30.4 Å². The average molecular weight is 476 g/mol. The van der Waals surface area contributed by atoms with E-state index in [9.17, 15) is 4.79 Å². The lowest BCUT2D eigenvalue weighted by Gasteiger charge is -2.43. The maximum atomic E-state index is 11.8. The fraction of sp³-hybridized carbons (Fsp3) is 0.250. The van der Waals surface area contributed by atoms with Crippen molar-refractivity contribution in [2.75, 3.05) is 31.1 Å². The monoisotopic (exact) mass is 475 g/mol. The topological polar surface area (TPSA) is 36.4 Å². The molecule has 36 heavy (non-hydrogen) atoms. The van der Waals surface area contributed by atoms with Crippen LogP contribution in [0, 0.1) is 0 Å². The molecule has 0 atom stereocenters. The van der Waals surface area contributed by atoms with Crippen LogP contribution in [0.3, 0.4) is 0 Å². The Morgan fingerprint density at radius 3 is 1.89 bits per heavy atom. The summed E-state index contributed by atoms with van der Waals surface area (Å²) in [4.78, 5) is 20.7. The second-order valence-corrected chi connectivity index (χ2v) is 9.58. The Morgan fingerprint density at radius 1 is 0.778 bits per heavy atom. The van der Waals surface area contributed by atoms with Crippen molar-refractivity contribution in [2.24, 2.45) is 0 Å². The molecule has 0 unspecified atom stereocenters. The van der Waals surface area contributed by atoms with Crippen molar-refractivity contribution in [3.05, 3.63) is 120 Å². The quantitative estimate of drug-likeness (QED) is 0.271. The molecule has 5 rings (SSSR count). The first-order valence-electron chi connectivity index (χ1n) is 12.9. The number of nitrogens with zero attached hydrogens (tertiary/aromatic N) is 3. The third-order valence-electron chi connectivity index (χ3n) is 7.51. The van der Waals surface area contributed by atoms with Gasteiger partial charge in [0.15, 0.2) is 0 Å². The zero-order valence-electron chi connectivity index (χ0n) is 20.7. The van der Waals surface area contributed by atoms with Gasteiger partial charge in [-0.1, -0.05) is 91.0 Å². The molecule has 2 heterocycles. The molecule has 1 aliphatic heterocycles. The summed E-state index contributed by atoms with van der Waals surface area (Å²) in [5.74, 6) is 0. The predicted molar refractivity (Wildman–Crippen MR) is 147 cm³/mol. The van der Waals surface area contributed by atoms with Gasteiger partial charge >= 0.3 is 0 Å². The summed E-state index contributed by atoms with van der Waals surface area (Å²) in [6.45, 7) is 3.78. The van der Waals surface area contributed by atoms with Crippen molar-refractivity contribution in [2.45, 2.75) is 24.7 Å². The van der Waals surface area contributed by atoms with E-state index in [1.54, 1.807) is 11.1 Å². The number of hydrogen-bond donors (Lipinski definition) is 0. The van der Waals surface area contributed by atoms with Crippen LogP contribution in [0.5, 0.6) is 0 Å². The Morgan fingerprint density at radius 2 is 1.36 bits per heavy atom. The van der Waals surface area contributed by atoms with Crippen LogP contribution in [-0.4, -0.2) is 42.5 Å². The van der Waals surface area contributed by atoms with Crippen molar-refractivity contribution in [1.29, 1.82) is 0 Å². The number of likely N-dealkylation sites (tertiary alicyclic amines) is 1. The molecule has 1 saturated heterocycles. The third kappa shape index (κ3) is 5.24. The number of amides is 1. The van der Waals surface area contributed by atoms with Crippen LogP contribution in [0.4, 0.5) is 5.69 Å². The Hall–Kier alpha value is -3.76. The lowest BCUT2D eigenvalue weighted by Crippen LogP contribution is -2.44. The van der Waals surface area contributed by atoms with Crippen LogP contribution >= 0.6 is 0 Å². The first kappa shape index (κ1) is 24.0. The van der Waals surface area contributed by atoms with E-state index >= 15 is 0 Å². The van der Waals surface area contributed by atoms with E-state index in [2.05, 4.69) is 70.5 Å². The number of carbonyl (C=O) groups excluding carboxylic acids is 1. The number of piperidine rings is 1. The van der Waals surface area contributed by atoms with E-state index in [-0.39, 0.29) is 5.41 Å². The number of carbonyl (C=O) groups is 1. The highest BCUT2D eigenvalue weighted by atomic mass is 16.1. The number of rotatable bonds is 9. The summed E-state index contributed by atoms with van der Waals surface area (Å²) in [5.41, 5.74) is 5.73. The van der Waals surface area contributed by atoms with E-state index in [0.717, 1.165) is 62.3 Å². The van der Waals surface area contributed by atoms with Gasteiger partial charge in [0.05, 0.1) is 17.6 Å². The summed E-state index contributed by atoms with van der Waals surface area (Å²) in [6, 6.07) is 36.0. The lowest BCUT2D eigenvalue weighted by molar-refractivity contribution is -0.107. The number of hydrogen-bond acceptors (Lipinski definition) is 3. The van der Waals surface area contributed by atoms with E-state index in [0.29, 0.717) is 6.54 Å². The molecule has 0 spiro atoms. The average Bonchev–Trinajstić information content (AvgIpc) is 2.97. The molecular weight excluding hydrogens is 442 g/mol. The lowest BCUT2D eigenvalue weighted by atomic mass is 9.68. The molecule has 1 aliphatic rings. The molecule has 1 aromatic heterocycles. The van der Waals surface area contributed by atoms with Crippen LogP contribution in [0.25, 0.3) is 11.3 Å². The van der Waals surface area contributed by atoms with Crippen LogP contribution in [0.2, 0.25) is 0 Å². The molecule has 4 nitrogen and oxygen atoms in total. The molecule has 182 valence electrons. The van der Waals surface area contributed by atoms with Crippen molar-refractivity contribution in [3.8, 4) is 11.3 Å². The number of aromatic nitrogens is 1. The van der Waals surface area contributed by atoms with E-state index in [4.69, 9.17) is 0 Å². The molecule has 0 saturated carbocycles. The summed E-state index contributed by atoms with van der Waals surface area (Å²) >= 11 is 0. The van der Waals surface area contributed by atoms with Crippen molar-refractivity contribution in [1.82, 2.24) is 9.88 Å². The normalized spacial score (nSPS) is 15.3. The molecule has 4 aromatic rings. The zero-order chi connectivity index (χ0) is 24.6. The highest BCUT2D eigenvalue weighted by Crippen LogP contribution is 2.41. The fourth-order valence-electron chi connectivity index (χ4n) is 5.46. The molecule has 1 amide bonds. The van der Waals surface area contributed by atoms with Crippen molar-refractivity contribution >= 4 is 12.1 Å². The summed E-state index contributed by atoms with van der Waals surface area (Å²) in [7, 11) is 0. The molecule has 1 fully saturated rings. The molecule has 4 heteroatoms. The number of benzene rings is 3. The van der Waals surface area contributed by atoms with Crippen LogP contribution < -0.4 is 4.90 Å². The van der Waals surface area contributed by atoms with Gasteiger partial charge in [0.2, 0.25) is 6.41 Å². The van der Waals surface area contributed by atoms with Gasteiger partial charge in [0, 0.05) is 17.5 Å². The van der Waals surface area contributed by atoms with Gasteiger partial charge in [0.25, 0.3) is 0 Å². The fourth-order valence-corrected chi connectivity index (χ4v) is 5.46. The Balaban J connectivity index is 1.18. The van der Waals surface area contributed by atoms with Gasteiger partial charge in [0.1, 0.15) is 0 Å². The minimum Gasteiger partial charge on any atom is -0.313 e. The molecular formula is C32H33N3O. The van der Waals surface area contributed by atoms with Gasteiger partial charge in [-0.3, -0.25) is 9.78 Å². The van der Waals surface area contributed by atoms with Gasteiger partial charge in [-0.25, -0.2) is 0 Å². The van der Waals surface area contributed by atoms with Crippen molar-refractivity contribution in [3.63, 3.8) is 0 Å². The summed E-state index contributed by atoms with van der Waals surface area (Å²) < 4.78 is 0. The van der Waals surface area contributed by atoms with E-state index in [1.807, 2.05) is 42.5 Å². The zero-order valence-corrected chi connectivity index (χ0v) is 20.7.